The van der Waals surface area contributed by atoms with E-state index in [1.807, 2.05) is 13.8 Å². The molecule has 0 aliphatic heterocycles. The van der Waals surface area contributed by atoms with Crippen molar-refractivity contribution >= 4 is 27.5 Å². The Morgan fingerprint density at radius 1 is 1.24 bits per heavy atom. The lowest BCUT2D eigenvalue weighted by atomic mass is 9.80. The summed E-state index contributed by atoms with van der Waals surface area (Å²) in [5.41, 5.74) is -0.222. The number of halogens is 3. The molecule has 0 spiro atoms. The Morgan fingerprint density at radius 2 is 1.76 bits per heavy atom. The summed E-state index contributed by atoms with van der Waals surface area (Å²) in [6.45, 7) is 9.79. The third-order valence-corrected chi connectivity index (χ3v) is 5.74. The van der Waals surface area contributed by atoms with Gasteiger partial charge >= 0.3 is 0 Å². The highest BCUT2D eigenvalue weighted by atomic mass is 79.9. The molecule has 1 unspecified atom stereocenters. The molecule has 5 heteroatoms. The fourth-order valence-corrected chi connectivity index (χ4v) is 3.63. The number of aliphatic hydroxyl groups excluding tert-OH is 1. The van der Waals surface area contributed by atoms with Crippen LogP contribution < -0.4 is 0 Å². The molecule has 0 saturated heterocycles. The van der Waals surface area contributed by atoms with Gasteiger partial charge in [0.1, 0.15) is 11.9 Å². The van der Waals surface area contributed by atoms with Crippen LogP contribution in [0.25, 0.3) is 0 Å². The number of hydrogen-bond acceptors (Lipinski definition) is 2. The lowest BCUT2D eigenvalue weighted by Crippen LogP contribution is -2.52. The topological polar surface area (TPSA) is 23.5 Å². The summed E-state index contributed by atoms with van der Waals surface area (Å²) in [5.74, 6) is -0.544. The van der Waals surface area contributed by atoms with Crippen molar-refractivity contribution in [2.24, 2.45) is 0 Å². The second-order valence-corrected chi connectivity index (χ2v) is 6.38. The van der Waals surface area contributed by atoms with Gasteiger partial charge in [0, 0.05) is 10.0 Å². The summed E-state index contributed by atoms with van der Waals surface area (Å²) in [6.07, 6.45) is 0.553. The van der Waals surface area contributed by atoms with Gasteiger partial charge in [0.05, 0.1) is 10.6 Å². The first-order valence-electron chi connectivity index (χ1n) is 7.45. The zero-order chi connectivity index (χ0) is 16.2. The van der Waals surface area contributed by atoms with Crippen LogP contribution in [0.3, 0.4) is 0 Å². The van der Waals surface area contributed by atoms with E-state index in [1.165, 1.54) is 0 Å². The molecule has 0 fully saturated rings. The standard InChI is InChI=1S/C16H24BrClFNO/c1-5-16(6-2,20(7-3)8-4)15(21)11-9-10-12(17)13(18)14(11)19/h9-10,15,21H,5-8H2,1-4H3. The predicted molar refractivity (Wildman–Crippen MR) is 90.3 cm³/mol. The second kappa shape index (κ2) is 7.91. The lowest BCUT2D eigenvalue weighted by Gasteiger charge is -2.46. The largest absolute Gasteiger partial charge is 0.386 e. The molecule has 1 N–H and O–H groups in total. The molecule has 0 bridgehead atoms. The van der Waals surface area contributed by atoms with Crippen LogP contribution in [0, 0.1) is 5.82 Å². The lowest BCUT2D eigenvalue weighted by molar-refractivity contribution is -0.0382. The van der Waals surface area contributed by atoms with E-state index >= 15 is 0 Å². The van der Waals surface area contributed by atoms with Crippen molar-refractivity contribution in [1.82, 2.24) is 4.90 Å². The third kappa shape index (κ3) is 3.44. The number of nitrogens with zero attached hydrogens (tertiary/aromatic N) is 1. The summed E-state index contributed by atoms with van der Waals surface area (Å²) in [4.78, 5) is 2.20. The molecule has 1 aromatic rings. The highest BCUT2D eigenvalue weighted by Crippen LogP contribution is 2.40. The van der Waals surface area contributed by atoms with E-state index in [9.17, 15) is 9.50 Å². The van der Waals surface area contributed by atoms with Crippen molar-refractivity contribution in [3.05, 3.63) is 33.0 Å². The van der Waals surface area contributed by atoms with E-state index < -0.39 is 17.5 Å². The molecule has 1 atom stereocenters. The fourth-order valence-electron chi connectivity index (χ4n) is 3.15. The van der Waals surface area contributed by atoms with Gasteiger partial charge in [-0.3, -0.25) is 4.90 Å². The molecule has 21 heavy (non-hydrogen) atoms. The molecular weight excluding hydrogens is 357 g/mol. The van der Waals surface area contributed by atoms with Gasteiger partial charge in [0.25, 0.3) is 0 Å². The zero-order valence-corrected chi connectivity index (χ0v) is 15.4. The van der Waals surface area contributed by atoms with E-state index in [0.717, 1.165) is 25.9 Å². The SMILES string of the molecule is CCN(CC)C(CC)(CC)C(O)c1ccc(Br)c(Cl)c1F. The fraction of sp³-hybridized carbons (Fsp3) is 0.625. The number of rotatable bonds is 7. The van der Waals surface area contributed by atoms with Gasteiger partial charge in [-0.15, -0.1) is 0 Å². The first kappa shape index (κ1) is 18.9. The Balaban J connectivity index is 3.36. The molecule has 1 aromatic carbocycles. The number of benzene rings is 1. The van der Waals surface area contributed by atoms with Gasteiger partial charge in [0.2, 0.25) is 0 Å². The van der Waals surface area contributed by atoms with Crippen molar-refractivity contribution in [1.29, 1.82) is 0 Å². The van der Waals surface area contributed by atoms with Gasteiger partial charge in [-0.1, -0.05) is 45.4 Å². The first-order chi connectivity index (χ1) is 9.89. The Labute approximate surface area is 140 Å². The molecular formula is C16H24BrClFNO. The van der Waals surface area contributed by atoms with Crippen LogP contribution in [0.1, 0.15) is 52.2 Å². The van der Waals surface area contributed by atoms with E-state index in [4.69, 9.17) is 11.6 Å². The maximum atomic E-state index is 14.4. The molecule has 0 radical (unpaired) electrons. The summed E-state index contributed by atoms with van der Waals surface area (Å²) >= 11 is 9.17. The van der Waals surface area contributed by atoms with Crippen molar-refractivity contribution in [3.8, 4) is 0 Å². The highest BCUT2D eigenvalue weighted by molar-refractivity contribution is 9.10. The quantitative estimate of drug-likeness (QED) is 0.659. The highest BCUT2D eigenvalue weighted by Gasteiger charge is 2.41. The van der Waals surface area contributed by atoms with Gasteiger partial charge in [-0.2, -0.15) is 0 Å². The van der Waals surface area contributed by atoms with E-state index in [0.29, 0.717) is 4.47 Å². The monoisotopic (exact) mass is 379 g/mol. The Morgan fingerprint density at radius 3 is 2.19 bits per heavy atom. The van der Waals surface area contributed by atoms with Crippen molar-refractivity contribution < 1.29 is 9.50 Å². The summed E-state index contributed by atoms with van der Waals surface area (Å²) in [6, 6.07) is 3.29. The molecule has 1 rings (SSSR count). The van der Waals surface area contributed by atoms with Crippen molar-refractivity contribution in [3.63, 3.8) is 0 Å². The minimum absolute atomic E-state index is 0.0206. The van der Waals surface area contributed by atoms with Crippen LogP contribution in [-0.4, -0.2) is 28.6 Å². The molecule has 0 aliphatic rings. The Bertz CT molecular complexity index is 476. The first-order valence-corrected chi connectivity index (χ1v) is 8.63. The van der Waals surface area contributed by atoms with Crippen LogP contribution in [0.2, 0.25) is 5.02 Å². The summed E-state index contributed by atoms with van der Waals surface area (Å²) < 4.78 is 14.9. The van der Waals surface area contributed by atoms with Crippen LogP contribution in [0.15, 0.2) is 16.6 Å². The Kier molecular flexibility index (Phi) is 7.11. The van der Waals surface area contributed by atoms with Crippen LogP contribution in [0.4, 0.5) is 4.39 Å². The molecule has 0 aromatic heterocycles. The molecule has 2 nitrogen and oxygen atoms in total. The molecule has 0 heterocycles. The Hall–Kier alpha value is -0.160. The third-order valence-electron chi connectivity index (χ3n) is 4.49. The minimum atomic E-state index is -0.919. The van der Waals surface area contributed by atoms with Crippen molar-refractivity contribution in [2.45, 2.75) is 52.2 Å². The average Bonchev–Trinajstić information content (AvgIpc) is 2.50. The maximum Gasteiger partial charge on any atom is 0.148 e. The van der Waals surface area contributed by atoms with Crippen LogP contribution in [0.5, 0.6) is 0 Å². The number of aliphatic hydroxyl groups is 1. The van der Waals surface area contributed by atoms with Gasteiger partial charge < -0.3 is 5.11 Å². The molecule has 0 aliphatic carbocycles. The molecule has 120 valence electrons. The van der Waals surface area contributed by atoms with E-state index in [2.05, 4.69) is 34.7 Å². The molecule has 0 amide bonds. The van der Waals surface area contributed by atoms with Crippen LogP contribution in [-0.2, 0) is 0 Å². The van der Waals surface area contributed by atoms with E-state index in [-0.39, 0.29) is 10.6 Å². The van der Waals surface area contributed by atoms with Crippen molar-refractivity contribution in [2.75, 3.05) is 13.1 Å². The smallest absolute Gasteiger partial charge is 0.148 e. The minimum Gasteiger partial charge on any atom is -0.386 e. The van der Waals surface area contributed by atoms with Gasteiger partial charge in [-0.25, -0.2) is 4.39 Å². The number of likely N-dealkylation sites (N-methyl/N-ethyl adjacent to an activating group) is 1. The number of hydrogen-bond donors (Lipinski definition) is 1. The van der Waals surface area contributed by atoms with E-state index in [1.54, 1.807) is 12.1 Å². The predicted octanol–water partition coefficient (Wildman–Crippen LogP) is 5.18. The summed E-state index contributed by atoms with van der Waals surface area (Å²) in [5, 5.41) is 10.9. The van der Waals surface area contributed by atoms with Gasteiger partial charge in [0.15, 0.2) is 0 Å². The average molecular weight is 381 g/mol. The maximum absolute atomic E-state index is 14.4. The second-order valence-electron chi connectivity index (χ2n) is 5.15. The van der Waals surface area contributed by atoms with Gasteiger partial charge in [-0.05, 0) is 47.9 Å². The summed E-state index contributed by atoms with van der Waals surface area (Å²) in [7, 11) is 0. The molecule has 0 saturated carbocycles. The normalized spacial score (nSPS) is 13.8. The zero-order valence-electron chi connectivity index (χ0n) is 13.1. The van der Waals surface area contributed by atoms with Crippen LogP contribution >= 0.6 is 27.5 Å².